The fourth-order valence-electron chi connectivity index (χ4n) is 3.87. The molecule has 3 aromatic rings. The van der Waals surface area contributed by atoms with Crippen LogP contribution in [0, 0.1) is 0 Å². The van der Waals surface area contributed by atoms with Crippen LogP contribution in [0.4, 0.5) is 4.79 Å². The molecule has 1 aliphatic rings. The average molecular weight is 407 g/mol. The number of nitrogens with one attached hydrogen (secondary N) is 1. The van der Waals surface area contributed by atoms with Crippen LogP contribution in [-0.4, -0.2) is 63.1 Å². The molecule has 0 atom stereocenters. The lowest BCUT2D eigenvalue weighted by Crippen LogP contribution is -2.51. The highest BCUT2D eigenvalue weighted by Crippen LogP contribution is 2.22. The van der Waals surface area contributed by atoms with E-state index < -0.39 is 0 Å². The van der Waals surface area contributed by atoms with Crippen LogP contribution in [0.15, 0.2) is 42.6 Å². The van der Waals surface area contributed by atoms with E-state index in [2.05, 4.69) is 57.9 Å². The third-order valence-electron chi connectivity index (χ3n) is 5.64. The van der Waals surface area contributed by atoms with Gasteiger partial charge in [-0.2, -0.15) is 0 Å². The highest BCUT2D eigenvalue weighted by molar-refractivity contribution is 5.74. The summed E-state index contributed by atoms with van der Waals surface area (Å²) in [5.41, 5.74) is 4.19. The number of imidazole rings is 1. The summed E-state index contributed by atoms with van der Waals surface area (Å²) in [6.45, 7) is 8.84. The van der Waals surface area contributed by atoms with E-state index in [9.17, 15) is 4.79 Å². The number of amides is 2. The van der Waals surface area contributed by atoms with Gasteiger partial charge in [-0.05, 0) is 42.7 Å². The number of urea groups is 1. The Hall–Kier alpha value is -2.93. The summed E-state index contributed by atoms with van der Waals surface area (Å²) in [4.78, 5) is 26.0. The third-order valence-corrected chi connectivity index (χ3v) is 5.64. The fourth-order valence-corrected chi connectivity index (χ4v) is 3.87. The topological polar surface area (TPSA) is 66.3 Å². The third kappa shape index (κ3) is 4.31. The van der Waals surface area contributed by atoms with Crippen molar-refractivity contribution in [1.82, 2.24) is 29.7 Å². The van der Waals surface area contributed by atoms with E-state index in [1.54, 1.807) is 0 Å². The molecule has 0 aliphatic carbocycles. The Labute approximate surface area is 177 Å². The van der Waals surface area contributed by atoms with E-state index in [4.69, 9.17) is 4.98 Å². The number of piperazine rings is 1. The lowest BCUT2D eigenvalue weighted by molar-refractivity contribution is 0.133. The first kappa shape index (κ1) is 20.3. The van der Waals surface area contributed by atoms with E-state index in [0.717, 1.165) is 74.8 Å². The molecule has 0 bridgehead atoms. The van der Waals surface area contributed by atoms with E-state index >= 15 is 0 Å². The number of carbonyl (C=O) groups excluding carboxylic acids is 1. The van der Waals surface area contributed by atoms with Gasteiger partial charge < -0.3 is 10.2 Å². The Bertz CT molecular complexity index is 989. The number of hydrogen-bond donors (Lipinski definition) is 1. The van der Waals surface area contributed by atoms with Gasteiger partial charge in [0, 0.05) is 44.6 Å². The van der Waals surface area contributed by atoms with Gasteiger partial charge in [0.15, 0.2) is 5.65 Å². The Morgan fingerprint density at radius 1 is 1.07 bits per heavy atom. The molecule has 1 N–H and O–H groups in total. The minimum absolute atomic E-state index is 0.0453. The zero-order valence-corrected chi connectivity index (χ0v) is 17.8. The Morgan fingerprint density at radius 2 is 1.83 bits per heavy atom. The van der Waals surface area contributed by atoms with Gasteiger partial charge in [0.2, 0.25) is 0 Å². The first-order valence-corrected chi connectivity index (χ1v) is 10.9. The number of aromatic nitrogens is 3. The molecular weight excluding hydrogens is 376 g/mol. The van der Waals surface area contributed by atoms with Crippen molar-refractivity contribution in [2.75, 3.05) is 32.7 Å². The maximum absolute atomic E-state index is 12.2. The summed E-state index contributed by atoms with van der Waals surface area (Å²) in [6.07, 6.45) is 3.79. The average Bonchev–Trinajstić information content (AvgIpc) is 3.15. The minimum Gasteiger partial charge on any atom is -0.338 e. The Morgan fingerprint density at radius 3 is 2.53 bits per heavy atom. The van der Waals surface area contributed by atoms with Gasteiger partial charge in [-0.1, -0.05) is 26.0 Å². The van der Waals surface area contributed by atoms with Crippen LogP contribution < -0.4 is 5.32 Å². The lowest BCUT2D eigenvalue weighted by atomic mass is 10.1. The molecule has 1 saturated heterocycles. The minimum atomic E-state index is 0.0453. The van der Waals surface area contributed by atoms with Crippen molar-refractivity contribution in [2.24, 2.45) is 0 Å². The first-order valence-electron chi connectivity index (χ1n) is 10.9. The molecule has 2 aromatic heterocycles. The number of pyridine rings is 1. The summed E-state index contributed by atoms with van der Waals surface area (Å²) in [5.74, 6) is 0.983. The number of aryl methyl sites for hydroxylation is 1. The van der Waals surface area contributed by atoms with Gasteiger partial charge in [0.25, 0.3) is 0 Å². The molecule has 4 rings (SSSR count). The predicted octanol–water partition coefficient (Wildman–Crippen LogP) is 3.22. The number of benzene rings is 1. The smallest absolute Gasteiger partial charge is 0.317 e. The predicted molar refractivity (Wildman–Crippen MR) is 119 cm³/mol. The van der Waals surface area contributed by atoms with E-state index in [1.807, 2.05) is 23.2 Å². The molecule has 2 amide bonds. The maximum atomic E-state index is 12.2. The second-order valence-electron chi connectivity index (χ2n) is 7.72. The second kappa shape index (κ2) is 9.26. The lowest BCUT2D eigenvalue weighted by Gasteiger charge is -2.34. The van der Waals surface area contributed by atoms with E-state index in [-0.39, 0.29) is 6.03 Å². The molecule has 3 heterocycles. The highest BCUT2D eigenvalue weighted by atomic mass is 16.2. The van der Waals surface area contributed by atoms with Gasteiger partial charge in [0.1, 0.15) is 11.3 Å². The number of fused-ring (bicyclic) bond motifs is 1. The fraction of sp³-hybridized carbons (Fsp3) is 0.435. The van der Waals surface area contributed by atoms with Gasteiger partial charge in [-0.3, -0.25) is 9.47 Å². The summed E-state index contributed by atoms with van der Waals surface area (Å²) in [7, 11) is 0. The summed E-state index contributed by atoms with van der Waals surface area (Å²) in [5, 5.41) is 2.97. The molecule has 30 heavy (non-hydrogen) atoms. The van der Waals surface area contributed by atoms with Crippen LogP contribution >= 0.6 is 0 Å². The molecule has 0 radical (unpaired) electrons. The van der Waals surface area contributed by atoms with Crippen LogP contribution in [0.25, 0.3) is 16.9 Å². The summed E-state index contributed by atoms with van der Waals surface area (Å²) < 4.78 is 2.16. The van der Waals surface area contributed by atoms with Gasteiger partial charge >= 0.3 is 6.03 Å². The monoisotopic (exact) mass is 406 g/mol. The zero-order valence-electron chi connectivity index (χ0n) is 17.8. The highest BCUT2D eigenvalue weighted by Gasteiger charge is 2.23. The van der Waals surface area contributed by atoms with Gasteiger partial charge in [0.05, 0.1) is 6.54 Å². The number of rotatable bonds is 6. The van der Waals surface area contributed by atoms with Crippen molar-refractivity contribution >= 4 is 17.2 Å². The molecular formula is C23H30N6O. The normalized spacial score (nSPS) is 14.9. The largest absolute Gasteiger partial charge is 0.338 e. The van der Waals surface area contributed by atoms with Crippen molar-refractivity contribution in [3.8, 4) is 5.69 Å². The second-order valence-corrected chi connectivity index (χ2v) is 7.72. The summed E-state index contributed by atoms with van der Waals surface area (Å²) in [6, 6.07) is 12.6. The molecule has 0 saturated carbocycles. The van der Waals surface area contributed by atoms with E-state index in [1.165, 1.54) is 5.56 Å². The van der Waals surface area contributed by atoms with Crippen molar-refractivity contribution in [3.63, 3.8) is 0 Å². The summed E-state index contributed by atoms with van der Waals surface area (Å²) >= 11 is 0. The van der Waals surface area contributed by atoms with Crippen LogP contribution in [-0.2, 0) is 13.0 Å². The van der Waals surface area contributed by atoms with E-state index in [0.29, 0.717) is 0 Å². The maximum Gasteiger partial charge on any atom is 0.317 e. The van der Waals surface area contributed by atoms with Crippen molar-refractivity contribution < 1.29 is 4.79 Å². The van der Waals surface area contributed by atoms with Gasteiger partial charge in [-0.15, -0.1) is 0 Å². The van der Waals surface area contributed by atoms with Crippen LogP contribution in [0.3, 0.4) is 0 Å². The molecule has 0 spiro atoms. The molecule has 0 unspecified atom stereocenters. The number of carbonyl (C=O) groups is 1. The van der Waals surface area contributed by atoms with Crippen LogP contribution in [0.1, 0.15) is 31.7 Å². The van der Waals surface area contributed by atoms with Crippen LogP contribution in [0.2, 0.25) is 0 Å². The Kier molecular flexibility index (Phi) is 6.28. The number of hydrogen-bond acceptors (Lipinski definition) is 4. The van der Waals surface area contributed by atoms with Crippen molar-refractivity contribution in [1.29, 1.82) is 0 Å². The molecule has 7 heteroatoms. The SMILES string of the molecule is CCCNC(=O)N1CCN(Cc2nc3cccnc3n2-c2ccc(CC)cc2)CC1. The quantitative estimate of drug-likeness (QED) is 0.683. The first-order chi connectivity index (χ1) is 14.7. The molecule has 7 nitrogen and oxygen atoms in total. The molecule has 158 valence electrons. The zero-order chi connectivity index (χ0) is 20.9. The molecule has 1 aliphatic heterocycles. The molecule has 1 fully saturated rings. The van der Waals surface area contributed by atoms with Gasteiger partial charge in [-0.25, -0.2) is 14.8 Å². The molecule has 1 aromatic carbocycles. The standard InChI is InChI=1S/C23H30N6O/c1-3-11-25-23(30)28-15-13-27(14-16-28)17-21-26-20-6-5-12-24-22(20)29(21)19-9-7-18(4-2)8-10-19/h5-10,12H,3-4,11,13-17H2,1-2H3,(H,25,30). The van der Waals surface area contributed by atoms with Crippen molar-refractivity contribution in [2.45, 2.75) is 33.2 Å². The van der Waals surface area contributed by atoms with Crippen molar-refractivity contribution in [3.05, 3.63) is 54.0 Å². The Balaban J connectivity index is 1.53. The van der Waals surface area contributed by atoms with Crippen LogP contribution in [0.5, 0.6) is 0 Å². The number of nitrogens with zero attached hydrogens (tertiary/aromatic N) is 5.